The van der Waals surface area contributed by atoms with E-state index in [2.05, 4.69) is 41.7 Å². The lowest BCUT2D eigenvalue weighted by Gasteiger charge is -2.41. The molecular formula is C39H65N5O7S. The molecule has 4 rings (SSSR count). The molecule has 4 N–H and O–H groups in total. The molecule has 13 heteroatoms. The van der Waals surface area contributed by atoms with Crippen molar-refractivity contribution in [3.8, 4) is 0 Å². The Hall–Kier alpha value is -2.96. The molecule has 1 saturated heterocycles. The summed E-state index contributed by atoms with van der Waals surface area (Å²) in [6.07, 6.45) is 9.87. The molecule has 1 unspecified atom stereocenters. The van der Waals surface area contributed by atoms with Crippen LogP contribution in [0.2, 0.25) is 0 Å². The maximum Gasteiger partial charge on any atom is 0.315 e. The molecule has 3 saturated carbocycles. The molecule has 0 aromatic rings. The predicted octanol–water partition coefficient (Wildman–Crippen LogP) is 4.43. The number of carbonyl (C=O) groups is 5. The summed E-state index contributed by atoms with van der Waals surface area (Å²) >= 11 is 0. The van der Waals surface area contributed by atoms with E-state index in [0.717, 1.165) is 51.4 Å². The molecule has 3 aliphatic carbocycles. The topological polar surface area (TPSA) is 171 Å². The maximum atomic E-state index is 14.8. The van der Waals surface area contributed by atoms with Gasteiger partial charge in [0, 0.05) is 13.1 Å². The van der Waals surface area contributed by atoms with Crippen LogP contribution in [0.5, 0.6) is 0 Å². The van der Waals surface area contributed by atoms with Crippen LogP contribution in [0.1, 0.15) is 126 Å². The lowest BCUT2D eigenvalue weighted by molar-refractivity contribution is -0.144. The minimum absolute atomic E-state index is 0.0198. The zero-order chi connectivity index (χ0) is 38.9. The fourth-order valence-corrected chi connectivity index (χ4v) is 10.2. The molecule has 0 spiro atoms. The van der Waals surface area contributed by atoms with Gasteiger partial charge >= 0.3 is 6.03 Å². The van der Waals surface area contributed by atoms with Crippen LogP contribution in [-0.4, -0.2) is 90.1 Å². The van der Waals surface area contributed by atoms with Crippen molar-refractivity contribution in [3.63, 3.8) is 0 Å². The van der Waals surface area contributed by atoms with Crippen LogP contribution >= 0.6 is 0 Å². The van der Waals surface area contributed by atoms with Gasteiger partial charge in [0.25, 0.3) is 5.91 Å². The summed E-state index contributed by atoms with van der Waals surface area (Å²) in [4.78, 5) is 70.8. The molecule has 0 aromatic heterocycles. The van der Waals surface area contributed by atoms with Crippen LogP contribution in [0.4, 0.5) is 4.79 Å². The van der Waals surface area contributed by atoms with Gasteiger partial charge in [-0.3, -0.25) is 19.2 Å². The number of nitrogens with one attached hydrogen (secondary N) is 4. The summed E-state index contributed by atoms with van der Waals surface area (Å²) in [7, 11) is -3.57. The van der Waals surface area contributed by atoms with Crippen LogP contribution in [0.3, 0.4) is 0 Å². The van der Waals surface area contributed by atoms with Crippen molar-refractivity contribution in [2.45, 2.75) is 154 Å². The van der Waals surface area contributed by atoms with Crippen LogP contribution in [0.25, 0.3) is 0 Å². The number of rotatable bonds is 13. The average Bonchev–Trinajstić information content (AvgIpc) is 3.54. The van der Waals surface area contributed by atoms with Crippen LogP contribution in [-0.2, 0) is 29.0 Å². The molecule has 4 fully saturated rings. The number of fused-ring (bicyclic) bond motifs is 1. The van der Waals surface area contributed by atoms with Crippen molar-refractivity contribution < 1.29 is 32.4 Å². The molecule has 12 nitrogen and oxygen atoms in total. The molecule has 0 bridgehead atoms. The van der Waals surface area contributed by atoms with Gasteiger partial charge in [-0.05, 0) is 81.5 Å². The first-order valence-corrected chi connectivity index (χ1v) is 21.0. The summed E-state index contributed by atoms with van der Waals surface area (Å²) in [5.74, 6) is -2.46. The number of ketones is 1. The molecule has 52 heavy (non-hydrogen) atoms. The number of hydrogen-bond donors (Lipinski definition) is 4. The third kappa shape index (κ3) is 9.39. The van der Waals surface area contributed by atoms with Gasteiger partial charge in [-0.25, -0.2) is 13.2 Å². The fraction of sp³-hybridized carbons (Fsp3) is 0.821. The number of carbonyl (C=O) groups excluding carboxylic acids is 5. The number of likely N-dealkylation sites (tertiary alicyclic amines) is 1. The van der Waals surface area contributed by atoms with Gasteiger partial charge in [0.05, 0.1) is 22.1 Å². The van der Waals surface area contributed by atoms with E-state index in [9.17, 15) is 32.4 Å². The summed E-state index contributed by atoms with van der Waals surface area (Å²) in [6.45, 7) is 18.9. The molecule has 5 amide bonds. The van der Waals surface area contributed by atoms with E-state index in [4.69, 9.17) is 0 Å². The second-order valence-corrected chi connectivity index (χ2v) is 21.5. The van der Waals surface area contributed by atoms with Gasteiger partial charge in [0.15, 0.2) is 9.84 Å². The Bertz CT molecular complexity index is 1480. The van der Waals surface area contributed by atoms with Crippen LogP contribution in [0.15, 0.2) is 12.7 Å². The Labute approximate surface area is 311 Å². The average molecular weight is 748 g/mol. The second kappa shape index (κ2) is 15.8. The minimum atomic E-state index is -3.57. The van der Waals surface area contributed by atoms with Crippen LogP contribution in [0, 0.1) is 28.6 Å². The third-order valence-electron chi connectivity index (χ3n) is 12.4. The van der Waals surface area contributed by atoms with Crippen LogP contribution < -0.4 is 21.3 Å². The van der Waals surface area contributed by atoms with Gasteiger partial charge in [0.2, 0.25) is 17.6 Å². The molecule has 4 aliphatic rings. The highest BCUT2D eigenvalue weighted by Gasteiger charge is 2.57. The van der Waals surface area contributed by atoms with Crippen molar-refractivity contribution in [2.75, 3.05) is 18.8 Å². The maximum absolute atomic E-state index is 14.8. The number of sulfone groups is 1. The Morgan fingerprint density at radius 2 is 1.54 bits per heavy atom. The smallest absolute Gasteiger partial charge is 0.315 e. The largest absolute Gasteiger partial charge is 0.346 e. The van der Waals surface area contributed by atoms with E-state index in [1.54, 1.807) is 25.7 Å². The Morgan fingerprint density at radius 3 is 2.08 bits per heavy atom. The predicted molar refractivity (Wildman–Crippen MR) is 202 cm³/mol. The van der Waals surface area contributed by atoms with Gasteiger partial charge in [0.1, 0.15) is 12.1 Å². The standard InChI is InChI=1S/C39H65N5O7S/c1-10-21-40-33(47)30(45)28(22-25-15-14-16-25)41-32(46)29-26-17-20-38(8,9)27(26)23-44(29)34(48)31(36(2,3)4)42-35(49)43-39(18-12-11-13-19-39)24-52(50,51)37(5,6)7/h10,25-29,31H,1,11-24H2,2-9H3,(H,40,47)(H,41,46)(H2,42,43,49)/t26-,27-,28?,29-,31+/m0/s1. The van der Waals surface area contributed by atoms with Gasteiger partial charge < -0.3 is 26.2 Å². The van der Waals surface area contributed by atoms with Crippen molar-refractivity contribution in [3.05, 3.63) is 12.7 Å². The van der Waals surface area contributed by atoms with E-state index in [1.165, 1.54) is 6.08 Å². The number of urea groups is 1. The van der Waals surface area contributed by atoms with E-state index in [1.807, 2.05) is 20.8 Å². The normalized spacial score (nSPS) is 25.5. The SMILES string of the molecule is C=CCNC(=O)C(=O)C(CC1CCC1)NC(=O)[C@@H]1[C@H]2CCC(C)(C)[C@H]2CN1C(=O)[C@@H](NC(=O)NC1(CS(=O)(=O)C(C)(C)C)CCCCC1)C(C)(C)C. The summed E-state index contributed by atoms with van der Waals surface area (Å²) < 4.78 is 25.8. The van der Waals surface area contributed by atoms with Crippen molar-refractivity contribution in [2.24, 2.45) is 28.6 Å². The monoisotopic (exact) mass is 747 g/mol. The number of nitrogens with zero attached hydrogens (tertiary/aromatic N) is 1. The highest BCUT2D eigenvalue weighted by atomic mass is 32.2. The molecular weight excluding hydrogens is 683 g/mol. The first-order valence-electron chi connectivity index (χ1n) is 19.4. The quantitative estimate of drug-likeness (QED) is 0.160. The Balaban J connectivity index is 1.60. The Morgan fingerprint density at radius 1 is 0.904 bits per heavy atom. The van der Waals surface area contributed by atoms with E-state index < -0.39 is 73.2 Å². The van der Waals surface area contributed by atoms with E-state index in [-0.39, 0.29) is 35.5 Å². The number of hydrogen-bond acceptors (Lipinski definition) is 7. The van der Waals surface area contributed by atoms with Crippen molar-refractivity contribution in [1.82, 2.24) is 26.2 Å². The number of amides is 5. The summed E-state index contributed by atoms with van der Waals surface area (Å²) in [5, 5.41) is 11.4. The van der Waals surface area contributed by atoms with Gasteiger partial charge in [-0.2, -0.15) is 0 Å². The van der Waals surface area contributed by atoms with Gasteiger partial charge in [-0.1, -0.05) is 79.2 Å². The summed E-state index contributed by atoms with van der Waals surface area (Å²) in [6, 6.07) is -3.56. The second-order valence-electron chi connectivity index (χ2n) is 18.8. The van der Waals surface area contributed by atoms with Gasteiger partial charge in [-0.15, -0.1) is 6.58 Å². The lowest BCUT2D eigenvalue weighted by atomic mass is 9.79. The van der Waals surface area contributed by atoms with Crippen molar-refractivity contribution >= 4 is 39.4 Å². The first-order chi connectivity index (χ1) is 24.0. The zero-order valence-corrected chi connectivity index (χ0v) is 33.7. The molecule has 0 aromatic carbocycles. The fourth-order valence-electron chi connectivity index (χ4n) is 8.68. The van der Waals surface area contributed by atoms with E-state index in [0.29, 0.717) is 25.8 Å². The highest BCUT2D eigenvalue weighted by Crippen LogP contribution is 2.53. The van der Waals surface area contributed by atoms with Crippen molar-refractivity contribution in [1.29, 1.82) is 0 Å². The number of Topliss-reactive ketones (excluding diaryl/α,β-unsaturated/α-hetero) is 1. The third-order valence-corrected chi connectivity index (χ3v) is 15.2. The molecule has 1 aliphatic heterocycles. The van der Waals surface area contributed by atoms with E-state index >= 15 is 0 Å². The molecule has 1 heterocycles. The summed E-state index contributed by atoms with van der Waals surface area (Å²) in [5.41, 5.74) is -1.87. The zero-order valence-electron chi connectivity index (χ0n) is 32.9. The Kier molecular flexibility index (Phi) is 12.7. The molecule has 294 valence electrons. The molecule has 5 atom stereocenters. The lowest BCUT2D eigenvalue weighted by Crippen LogP contribution is -2.64. The molecule has 0 radical (unpaired) electrons. The first kappa shape index (κ1) is 41.8. The highest BCUT2D eigenvalue weighted by molar-refractivity contribution is 7.92. The minimum Gasteiger partial charge on any atom is -0.346 e.